The van der Waals surface area contributed by atoms with Crippen LogP contribution in [0.5, 0.6) is 0 Å². The Labute approximate surface area is 146 Å². The van der Waals surface area contributed by atoms with E-state index in [1.807, 2.05) is 42.5 Å². The average molecular weight is 338 g/mol. The number of nitrogens with one attached hydrogen (secondary N) is 1. The highest BCUT2D eigenvalue weighted by molar-refractivity contribution is 5.83. The van der Waals surface area contributed by atoms with Gasteiger partial charge in [-0.2, -0.15) is 5.10 Å². The third-order valence-electron chi connectivity index (χ3n) is 4.78. The molecule has 4 rings (SSSR count). The lowest BCUT2D eigenvalue weighted by molar-refractivity contribution is -0.139. The van der Waals surface area contributed by atoms with Crippen LogP contribution in [0, 0.1) is 0 Å². The van der Waals surface area contributed by atoms with Crippen LogP contribution in [-0.2, 0) is 29.4 Å². The van der Waals surface area contributed by atoms with Crippen molar-refractivity contribution >= 4 is 16.8 Å². The van der Waals surface area contributed by atoms with Gasteiger partial charge in [0, 0.05) is 36.9 Å². The molecule has 25 heavy (non-hydrogen) atoms. The SMILES string of the molecule is Cn1ccc(CC(=O)N2CCOCC2Cc2c[nH]c3ccccc23)n1. The van der Waals surface area contributed by atoms with Gasteiger partial charge in [0.2, 0.25) is 5.91 Å². The zero-order valence-electron chi connectivity index (χ0n) is 14.3. The summed E-state index contributed by atoms with van der Waals surface area (Å²) in [7, 11) is 1.86. The molecule has 6 nitrogen and oxygen atoms in total. The molecule has 1 atom stereocenters. The highest BCUT2D eigenvalue weighted by atomic mass is 16.5. The van der Waals surface area contributed by atoms with E-state index in [0.29, 0.717) is 26.2 Å². The first-order chi connectivity index (χ1) is 12.2. The average Bonchev–Trinajstić information content (AvgIpc) is 3.22. The number of ether oxygens (including phenoxy) is 1. The molecular formula is C19H22N4O2. The quantitative estimate of drug-likeness (QED) is 0.790. The van der Waals surface area contributed by atoms with Crippen molar-refractivity contribution in [3.63, 3.8) is 0 Å². The predicted octanol–water partition coefficient (Wildman–Crippen LogP) is 1.91. The molecule has 130 valence electrons. The number of hydrogen-bond donors (Lipinski definition) is 1. The number of carbonyl (C=O) groups excluding carboxylic acids is 1. The number of rotatable bonds is 4. The van der Waals surface area contributed by atoms with Crippen molar-refractivity contribution in [1.29, 1.82) is 0 Å². The third-order valence-corrected chi connectivity index (χ3v) is 4.78. The van der Waals surface area contributed by atoms with Crippen LogP contribution in [0.25, 0.3) is 10.9 Å². The summed E-state index contributed by atoms with van der Waals surface area (Å²) >= 11 is 0. The molecule has 1 aliphatic heterocycles. The molecular weight excluding hydrogens is 316 g/mol. The molecule has 0 radical (unpaired) electrons. The van der Waals surface area contributed by atoms with Gasteiger partial charge in [0.25, 0.3) is 0 Å². The second-order valence-corrected chi connectivity index (χ2v) is 6.54. The van der Waals surface area contributed by atoms with Crippen molar-refractivity contribution < 1.29 is 9.53 Å². The number of H-pyrrole nitrogens is 1. The van der Waals surface area contributed by atoms with Crippen molar-refractivity contribution in [2.75, 3.05) is 19.8 Å². The van der Waals surface area contributed by atoms with Crippen LogP contribution < -0.4 is 0 Å². The molecule has 1 unspecified atom stereocenters. The number of aryl methyl sites for hydroxylation is 1. The van der Waals surface area contributed by atoms with E-state index >= 15 is 0 Å². The highest BCUT2D eigenvalue weighted by Gasteiger charge is 2.28. The maximum atomic E-state index is 12.8. The van der Waals surface area contributed by atoms with Crippen LogP contribution in [0.4, 0.5) is 0 Å². The number of morpholine rings is 1. The van der Waals surface area contributed by atoms with Crippen molar-refractivity contribution in [2.24, 2.45) is 7.05 Å². The highest BCUT2D eigenvalue weighted by Crippen LogP contribution is 2.22. The number of aromatic nitrogens is 3. The summed E-state index contributed by atoms with van der Waals surface area (Å²) in [6.07, 6.45) is 5.04. The fourth-order valence-electron chi connectivity index (χ4n) is 3.52. The summed E-state index contributed by atoms with van der Waals surface area (Å²) in [6.45, 7) is 1.81. The maximum Gasteiger partial charge on any atom is 0.229 e. The minimum atomic E-state index is 0.0594. The summed E-state index contributed by atoms with van der Waals surface area (Å²) in [5.41, 5.74) is 3.16. The van der Waals surface area contributed by atoms with E-state index in [1.165, 1.54) is 10.9 Å². The standard InChI is InChI=1S/C19H22N4O2/c1-22-7-6-15(21-22)11-19(24)23-8-9-25-13-16(23)10-14-12-20-18-5-3-2-4-17(14)18/h2-7,12,16,20H,8-11,13H2,1H3. The monoisotopic (exact) mass is 338 g/mol. The zero-order chi connectivity index (χ0) is 17.2. The fourth-order valence-corrected chi connectivity index (χ4v) is 3.52. The molecule has 3 heterocycles. The topological polar surface area (TPSA) is 63.1 Å². The number of para-hydroxylation sites is 1. The lowest BCUT2D eigenvalue weighted by Gasteiger charge is -2.35. The van der Waals surface area contributed by atoms with Gasteiger partial charge in [-0.25, -0.2) is 0 Å². The Hall–Kier alpha value is -2.60. The maximum absolute atomic E-state index is 12.8. The van der Waals surface area contributed by atoms with Gasteiger partial charge in [0.05, 0.1) is 31.4 Å². The van der Waals surface area contributed by atoms with Crippen LogP contribution in [-0.4, -0.2) is 51.4 Å². The molecule has 1 fully saturated rings. The molecule has 1 aliphatic rings. The molecule has 0 bridgehead atoms. The van der Waals surface area contributed by atoms with Crippen molar-refractivity contribution in [2.45, 2.75) is 18.9 Å². The Balaban J connectivity index is 1.51. The minimum absolute atomic E-state index is 0.0594. The number of fused-ring (bicyclic) bond motifs is 1. The number of hydrogen-bond acceptors (Lipinski definition) is 3. The number of aromatic amines is 1. The second kappa shape index (κ2) is 6.72. The van der Waals surface area contributed by atoms with E-state index < -0.39 is 0 Å². The van der Waals surface area contributed by atoms with E-state index in [1.54, 1.807) is 4.68 Å². The number of benzene rings is 1. The molecule has 2 aromatic heterocycles. The van der Waals surface area contributed by atoms with Gasteiger partial charge in [-0.1, -0.05) is 18.2 Å². The summed E-state index contributed by atoms with van der Waals surface area (Å²) < 4.78 is 7.38. The van der Waals surface area contributed by atoms with Crippen LogP contribution >= 0.6 is 0 Å². The van der Waals surface area contributed by atoms with Gasteiger partial charge in [0.15, 0.2) is 0 Å². The number of carbonyl (C=O) groups is 1. The lowest BCUT2D eigenvalue weighted by Crippen LogP contribution is -2.50. The fraction of sp³-hybridized carbons (Fsp3) is 0.368. The Bertz CT molecular complexity index is 882. The predicted molar refractivity (Wildman–Crippen MR) is 95.2 cm³/mol. The number of amides is 1. The van der Waals surface area contributed by atoms with Crippen LogP contribution in [0.2, 0.25) is 0 Å². The first-order valence-electron chi connectivity index (χ1n) is 8.61. The van der Waals surface area contributed by atoms with Crippen molar-refractivity contribution in [3.8, 4) is 0 Å². The summed E-state index contributed by atoms with van der Waals surface area (Å²) in [6, 6.07) is 10.2. The smallest absolute Gasteiger partial charge is 0.229 e. The molecule has 1 aromatic carbocycles. The third kappa shape index (κ3) is 3.30. The number of nitrogens with zero attached hydrogens (tertiary/aromatic N) is 3. The van der Waals surface area contributed by atoms with Gasteiger partial charge >= 0.3 is 0 Å². The first-order valence-corrected chi connectivity index (χ1v) is 8.61. The Morgan fingerprint density at radius 3 is 3.08 bits per heavy atom. The van der Waals surface area contributed by atoms with Gasteiger partial charge < -0.3 is 14.6 Å². The minimum Gasteiger partial charge on any atom is -0.377 e. The van der Waals surface area contributed by atoms with Gasteiger partial charge in [-0.05, 0) is 24.1 Å². The lowest BCUT2D eigenvalue weighted by atomic mass is 10.0. The zero-order valence-corrected chi connectivity index (χ0v) is 14.3. The van der Waals surface area contributed by atoms with E-state index in [2.05, 4.69) is 22.2 Å². The normalized spacial score (nSPS) is 18.0. The molecule has 0 saturated carbocycles. The molecule has 3 aromatic rings. The van der Waals surface area contributed by atoms with E-state index in [9.17, 15) is 4.79 Å². The largest absolute Gasteiger partial charge is 0.377 e. The van der Waals surface area contributed by atoms with Gasteiger partial charge in [-0.15, -0.1) is 0 Å². The van der Waals surface area contributed by atoms with Gasteiger partial charge in [-0.3, -0.25) is 9.48 Å². The second-order valence-electron chi connectivity index (χ2n) is 6.54. The summed E-state index contributed by atoms with van der Waals surface area (Å²) in [5.74, 6) is 0.117. The molecule has 6 heteroatoms. The van der Waals surface area contributed by atoms with E-state index in [-0.39, 0.29) is 11.9 Å². The van der Waals surface area contributed by atoms with Crippen LogP contribution in [0.15, 0.2) is 42.7 Å². The molecule has 1 saturated heterocycles. The van der Waals surface area contributed by atoms with Crippen molar-refractivity contribution in [3.05, 3.63) is 54.0 Å². The molecule has 1 N–H and O–H groups in total. The Morgan fingerprint density at radius 2 is 2.24 bits per heavy atom. The summed E-state index contributed by atoms with van der Waals surface area (Å²) in [4.78, 5) is 18.1. The van der Waals surface area contributed by atoms with Crippen molar-refractivity contribution in [1.82, 2.24) is 19.7 Å². The Morgan fingerprint density at radius 1 is 1.36 bits per heavy atom. The Kier molecular flexibility index (Phi) is 4.28. The first kappa shape index (κ1) is 15.9. The summed E-state index contributed by atoms with van der Waals surface area (Å²) in [5, 5.41) is 5.53. The van der Waals surface area contributed by atoms with E-state index in [4.69, 9.17) is 4.74 Å². The molecule has 1 amide bonds. The van der Waals surface area contributed by atoms with Gasteiger partial charge in [0.1, 0.15) is 0 Å². The van der Waals surface area contributed by atoms with E-state index in [0.717, 1.165) is 17.6 Å². The van der Waals surface area contributed by atoms with Crippen LogP contribution in [0.1, 0.15) is 11.3 Å². The molecule has 0 spiro atoms. The molecule has 0 aliphatic carbocycles. The van der Waals surface area contributed by atoms with Crippen LogP contribution in [0.3, 0.4) is 0 Å².